The Morgan fingerprint density at radius 1 is 1.12 bits per heavy atom. The van der Waals surface area contributed by atoms with Crippen molar-refractivity contribution in [3.8, 4) is 0 Å². The van der Waals surface area contributed by atoms with E-state index in [9.17, 15) is 0 Å². The number of nitrogens with two attached hydrogens (primary N) is 1. The number of anilines is 1. The molecule has 0 saturated heterocycles. The fourth-order valence-electron chi connectivity index (χ4n) is 1.91. The molecule has 3 nitrogen and oxygen atoms in total. The Labute approximate surface area is 102 Å². The number of hydrogen-bond donors (Lipinski definition) is 1. The zero-order valence-electron chi connectivity index (χ0n) is 10.5. The molecule has 0 spiro atoms. The van der Waals surface area contributed by atoms with E-state index in [2.05, 4.69) is 36.2 Å². The fraction of sp³-hybridized carbons (Fsp3) is 0.357. The Morgan fingerprint density at radius 3 is 2.29 bits per heavy atom. The van der Waals surface area contributed by atoms with Crippen molar-refractivity contribution < 1.29 is 0 Å². The molecule has 1 heterocycles. The zero-order chi connectivity index (χ0) is 12.3. The highest BCUT2D eigenvalue weighted by atomic mass is 15.1. The molecule has 0 bridgehead atoms. The Kier molecular flexibility index (Phi) is 3.47. The summed E-state index contributed by atoms with van der Waals surface area (Å²) in [6, 6.07) is 8.82. The lowest BCUT2D eigenvalue weighted by atomic mass is 10.1. The van der Waals surface area contributed by atoms with Crippen LogP contribution in [0, 0.1) is 0 Å². The van der Waals surface area contributed by atoms with E-state index in [1.54, 1.807) is 0 Å². The molecule has 0 unspecified atom stereocenters. The second-order valence-electron chi connectivity index (χ2n) is 4.34. The standard InChI is InChI=1S/C14H19N3/c1-3-11-4-6-12(7-5-11)8-9-13-10-16-14(15)17(13)2/h4-7,10H,3,8-9H2,1-2H3,(H2,15,16). The summed E-state index contributed by atoms with van der Waals surface area (Å²) in [5, 5.41) is 0. The SMILES string of the molecule is CCc1ccc(CCc2cnc(N)n2C)cc1. The molecular weight excluding hydrogens is 210 g/mol. The van der Waals surface area contributed by atoms with Gasteiger partial charge in [0.1, 0.15) is 0 Å². The first-order chi connectivity index (χ1) is 8.20. The van der Waals surface area contributed by atoms with Crippen LogP contribution in [0.4, 0.5) is 5.95 Å². The van der Waals surface area contributed by atoms with Crippen molar-refractivity contribution in [1.82, 2.24) is 9.55 Å². The number of aryl methyl sites for hydroxylation is 3. The lowest BCUT2D eigenvalue weighted by molar-refractivity contribution is 0.807. The number of rotatable bonds is 4. The third-order valence-corrected chi connectivity index (χ3v) is 3.22. The summed E-state index contributed by atoms with van der Waals surface area (Å²) in [5.74, 6) is 0.585. The Balaban J connectivity index is 2.00. The molecule has 1 aromatic heterocycles. The van der Waals surface area contributed by atoms with Crippen molar-refractivity contribution in [3.05, 3.63) is 47.3 Å². The predicted octanol–water partition coefficient (Wildman–Crippen LogP) is 2.35. The number of aromatic nitrogens is 2. The molecule has 0 saturated carbocycles. The zero-order valence-corrected chi connectivity index (χ0v) is 10.5. The van der Waals surface area contributed by atoms with Crippen LogP contribution in [-0.4, -0.2) is 9.55 Å². The van der Waals surface area contributed by atoms with Gasteiger partial charge in [-0.05, 0) is 30.4 Å². The van der Waals surface area contributed by atoms with E-state index in [0.29, 0.717) is 5.95 Å². The van der Waals surface area contributed by atoms with Gasteiger partial charge in [-0.15, -0.1) is 0 Å². The van der Waals surface area contributed by atoms with Gasteiger partial charge in [0.15, 0.2) is 5.95 Å². The highest BCUT2D eigenvalue weighted by molar-refractivity contribution is 5.25. The van der Waals surface area contributed by atoms with Crippen LogP contribution < -0.4 is 5.73 Å². The maximum absolute atomic E-state index is 5.70. The number of hydrogen-bond acceptors (Lipinski definition) is 2. The molecule has 2 rings (SSSR count). The minimum atomic E-state index is 0.585. The summed E-state index contributed by atoms with van der Waals surface area (Å²) >= 11 is 0. The van der Waals surface area contributed by atoms with Gasteiger partial charge >= 0.3 is 0 Å². The molecule has 0 fully saturated rings. The minimum absolute atomic E-state index is 0.585. The van der Waals surface area contributed by atoms with Crippen molar-refractivity contribution in [2.75, 3.05) is 5.73 Å². The summed E-state index contributed by atoms with van der Waals surface area (Å²) < 4.78 is 1.94. The van der Waals surface area contributed by atoms with Gasteiger partial charge in [-0.2, -0.15) is 0 Å². The van der Waals surface area contributed by atoms with Crippen molar-refractivity contribution in [3.63, 3.8) is 0 Å². The molecule has 2 N–H and O–H groups in total. The first kappa shape index (κ1) is 11.7. The van der Waals surface area contributed by atoms with Gasteiger partial charge in [0.2, 0.25) is 0 Å². The molecule has 0 aliphatic heterocycles. The summed E-state index contributed by atoms with van der Waals surface area (Å²) in [5.41, 5.74) is 9.63. The van der Waals surface area contributed by atoms with E-state index in [1.807, 2.05) is 17.8 Å². The van der Waals surface area contributed by atoms with E-state index >= 15 is 0 Å². The normalized spacial score (nSPS) is 10.7. The lowest BCUT2D eigenvalue weighted by Crippen LogP contribution is -2.02. The Bertz CT molecular complexity index is 483. The third kappa shape index (κ3) is 2.67. The number of imidazole rings is 1. The van der Waals surface area contributed by atoms with Gasteiger partial charge in [0.05, 0.1) is 6.20 Å². The third-order valence-electron chi connectivity index (χ3n) is 3.22. The lowest BCUT2D eigenvalue weighted by Gasteiger charge is -2.04. The number of nitrogen functional groups attached to an aromatic ring is 1. The molecule has 90 valence electrons. The van der Waals surface area contributed by atoms with Crippen LogP contribution >= 0.6 is 0 Å². The molecule has 0 aliphatic rings. The largest absolute Gasteiger partial charge is 0.369 e. The summed E-state index contributed by atoms with van der Waals surface area (Å²) in [6.45, 7) is 2.17. The maximum atomic E-state index is 5.70. The summed E-state index contributed by atoms with van der Waals surface area (Å²) in [4.78, 5) is 4.10. The van der Waals surface area contributed by atoms with Gasteiger partial charge in [0.25, 0.3) is 0 Å². The van der Waals surface area contributed by atoms with Crippen LogP contribution in [0.1, 0.15) is 23.7 Å². The van der Waals surface area contributed by atoms with E-state index in [4.69, 9.17) is 5.73 Å². The quantitative estimate of drug-likeness (QED) is 0.874. The summed E-state index contributed by atoms with van der Waals surface area (Å²) in [6.07, 6.45) is 4.96. The van der Waals surface area contributed by atoms with Gasteiger partial charge in [0, 0.05) is 12.7 Å². The smallest absolute Gasteiger partial charge is 0.200 e. The predicted molar refractivity (Wildman–Crippen MR) is 70.8 cm³/mol. The van der Waals surface area contributed by atoms with E-state index < -0.39 is 0 Å². The molecule has 17 heavy (non-hydrogen) atoms. The maximum Gasteiger partial charge on any atom is 0.200 e. The number of benzene rings is 1. The molecule has 0 amide bonds. The molecule has 0 aliphatic carbocycles. The van der Waals surface area contributed by atoms with Crippen molar-refractivity contribution in [2.24, 2.45) is 7.05 Å². The average Bonchev–Trinajstić information content (AvgIpc) is 2.68. The van der Waals surface area contributed by atoms with Crippen molar-refractivity contribution >= 4 is 5.95 Å². The molecule has 0 radical (unpaired) electrons. The first-order valence-electron chi connectivity index (χ1n) is 6.04. The molecule has 0 atom stereocenters. The van der Waals surface area contributed by atoms with Crippen LogP contribution in [0.3, 0.4) is 0 Å². The van der Waals surface area contributed by atoms with Crippen molar-refractivity contribution in [2.45, 2.75) is 26.2 Å². The highest BCUT2D eigenvalue weighted by Crippen LogP contribution is 2.11. The van der Waals surface area contributed by atoms with Gasteiger partial charge in [-0.25, -0.2) is 4.98 Å². The topological polar surface area (TPSA) is 43.8 Å². The number of nitrogens with zero attached hydrogens (tertiary/aromatic N) is 2. The van der Waals surface area contributed by atoms with Crippen LogP contribution in [0.25, 0.3) is 0 Å². The van der Waals surface area contributed by atoms with Crippen LogP contribution in [0.5, 0.6) is 0 Å². The van der Waals surface area contributed by atoms with Crippen molar-refractivity contribution in [1.29, 1.82) is 0 Å². The molecular formula is C14H19N3. The van der Waals surface area contributed by atoms with E-state index in [-0.39, 0.29) is 0 Å². The van der Waals surface area contributed by atoms with E-state index in [1.165, 1.54) is 16.8 Å². The molecule has 3 heteroatoms. The first-order valence-corrected chi connectivity index (χ1v) is 6.04. The molecule has 2 aromatic rings. The van der Waals surface area contributed by atoms with Crippen LogP contribution in [0.15, 0.2) is 30.5 Å². The average molecular weight is 229 g/mol. The Hall–Kier alpha value is -1.77. The molecule has 1 aromatic carbocycles. The van der Waals surface area contributed by atoms with Gasteiger partial charge in [-0.1, -0.05) is 31.2 Å². The monoisotopic (exact) mass is 229 g/mol. The van der Waals surface area contributed by atoms with Crippen LogP contribution in [-0.2, 0) is 26.3 Å². The second-order valence-corrected chi connectivity index (χ2v) is 4.34. The second kappa shape index (κ2) is 5.04. The minimum Gasteiger partial charge on any atom is -0.369 e. The summed E-state index contributed by atoms with van der Waals surface area (Å²) in [7, 11) is 1.96. The van der Waals surface area contributed by atoms with Crippen LogP contribution in [0.2, 0.25) is 0 Å². The van der Waals surface area contributed by atoms with Gasteiger partial charge < -0.3 is 10.3 Å². The van der Waals surface area contributed by atoms with Gasteiger partial charge in [-0.3, -0.25) is 0 Å². The Morgan fingerprint density at radius 2 is 1.76 bits per heavy atom. The highest BCUT2D eigenvalue weighted by Gasteiger charge is 2.03. The fourth-order valence-corrected chi connectivity index (χ4v) is 1.91. The van der Waals surface area contributed by atoms with E-state index in [0.717, 1.165) is 19.3 Å².